The van der Waals surface area contributed by atoms with E-state index in [-0.39, 0.29) is 5.97 Å². The number of nitrogens with one attached hydrogen (secondary N) is 1. The predicted molar refractivity (Wildman–Crippen MR) is 82.6 cm³/mol. The summed E-state index contributed by atoms with van der Waals surface area (Å²) < 4.78 is 5.13. The van der Waals surface area contributed by atoms with Gasteiger partial charge in [0.2, 0.25) is 0 Å². The zero-order chi connectivity index (χ0) is 14.1. The topological polar surface area (TPSA) is 38.3 Å². The molecule has 3 nitrogen and oxygen atoms in total. The summed E-state index contributed by atoms with van der Waals surface area (Å²) in [7, 11) is 1.84. The Kier molecular flexibility index (Phi) is 7.84. The first-order valence-corrected chi connectivity index (χ1v) is 8.71. The number of ether oxygens (including phenoxy) is 1. The molecule has 1 aliphatic rings. The van der Waals surface area contributed by atoms with E-state index in [9.17, 15) is 4.79 Å². The minimum absolute atomic E-state index is 0.127. The quantitative estimate of drug-likeness (QED) is 0.522. The van der Waals surface area contributed by atoms with Gasteiger partial charge in [-0.05, 0) is 64.0 Å². The van der Waals surface area contributed by atoms with Gasteiger partial charge in [-0.2, -0.15) is 11.8 Å². The molecular formula is C15H29NO2S. The van der Waals surface area contributed by atoms with Crippen molar-refractivity contribution in [2.45, 2.75) is 57.9 Å². The van der Waals surface area contributed by atoms with Crippen LogP contribution in [-0.2, 0) is 9.53 Å². The minimum Gasteiger partial charge on any atom is -0.465 e. The Morgan fingerprint density at radius 3 is 2.68 bits per heavy atom. The molecule has 0 aromatic rings. The number of hydrogen-bond donors (Lipinski definition) is 1. The molecule has 112 valence electrons. The van der Waals surface area contributed by atoms with Crippen molar-refractivity contribution in [2.24, 2.45) is 5.92 Å². The molecule has 1 rings (SSSR count). The molecule has 1 atom stereocenters. The molecule has 0 saturated heterocycles. The first-order chi connectivity index (χ1) is 9.12. The monoisotopic (exact) mass is 287 g/mol. The van der Waals surface area contributed by atoms with Crippen LogP contribution in [0, 0.1) is 5.92 Å². The van der Waals surface area contributed by atoms with Crippen molar-refractivity contribution in [1.29, 1.82) is 0 Å². The van der Waals surface area contributed by atoms with Crippen LogP contribution < -0.4 is 5.32 Å². The third-order valence-electron chi connectivity index (χ3n) is 4.07. The number of rotatable bonds is 9. The first kappa shape index (κ1) is 16.8. The fourth-order valence-corrected chi connectivity index (χ4v) is 3.76. The lowest BCUT2D eigenvalue weighted by Crippen LogP contribution is -2.48. The van der Waals surface area contributed by atoms with Crippen molar-refractivity contribution < 1.29 is 9.53 Å². The number of likely N-dealkylation sites (N-methyl/N-ethyl adjacent to an activating group) is 1. The van der Waals surface area contributed by atoms with Gasteiger partial charge < -0.3 is 10.1 Å². The Hall–Kier alpha value is -0.220. The van der Waals surface area contributed by atoms with Crippen LogP contribution in [0.2, 0.25) is 0 Å². The molecule has 0 aromatic carbocycles. The highest BCUT2D eigenvalue weighted by Crippen LogP contribution is 2.28. The van der Waals surface area contributed by atoms with E-state index in [1.54, 1.807) is 0 Å². The van der Waals surface area contributed by atoms with Crippen molar-refractivity contribution in [3.8, 4) is 0 Å². The molecule has 0 aromatic heterocycles. The normalized spacial score (nSPS) is 19.3. The molecule has 0 spiro atoms. The lowest BCUT2D eigenvalue weighted by molar-refractivity contribution is -0.150. The summed E-state index contributed by atoms with van der Waals surface area (Å²) in [6, 6.07) is 0. The largest absolute Gasteiger partial charge is 0.465 e. The Labute approximate surface area is 122 Å². The van der Waals surface area contributed by atoms with Crippen LogP contribution in [0.4, 0.5) is 0 Å². The van der Waals surface area contributed by atoms with E-state index in [0.717, 1.165) is 24.5 Å². The second-order valence-electron chi connectivity index (χ2n) is 5.63. The van der Waals surface area contributed by atoms with Crippen molar-refractivity contribution in [3.63, 3.8) is 0 Å². The Morgan fingerprint density at radius 2 is 2.11 bits per heavy atom. The molecule has 0 amide bonds. The van der Waals surface area contributed by atoms with Crippen molar-refractivity contribution in [3.05, 3.63) is 0 Å². The number of thioether (sulfide) groups is 1. The fourth-order valence-electron chi connectivity index (χ4n) is 2.57. The highest BCUT2D eigenvalue weighted by Gasteiger charge is 2.32. The van der Waals surface area contributed by atoms with E-state index in [2.05, 4.69) is 5.32 Å². The highest BCUT2D eigenvalue weighted by atomic mass is 32.2. The van der Waals surface area contributed by atoms with E-state index in [1.807, 2.05) is 32.7 Å². The summed E-state index contributed by atoms with van der Waals surface area (Å²) in [5.74, 6) is 3.27. The summed E-state index contributed by atoms with van der Waals surface area (Å²) in [4.78, 5) is 11.9. The Bertz CT molecular complexity index is 267. The predicted octanol–water partition coefficient (Wildman–Crippen LogP) is 3.23. The van der Waals surface area contributed by atoms with E-state index in [4.69, 9.17) is 4.74 Å². The van der Waals surface area contributed by atoms with Gasteiger partial charge in [-0.1, -0.05) is 12.8 Å². The molecule has 0 aliphatic heterocycles. The zero-order valence-corrected chi connectivity index (χ0v) is 13.5. The maximum atomic E-state index is 11.9. The Morgan fingerprint density at radius 1 is 1.42 bits per heavy atom. The average molecular weight is 287 g/mol. The molecule has 19 heavy (non-hydrogen) atoms. The van der Waals surface area contributed by atoms with Crippen LogP contribution in [-0.4, -0.2) is 36.7 Å². The van der Waals surface area contributed by atoms with Crippen LogP contribution >= 0.6 is 11.8 Å². The van der Waals surface area contributed by atoms with Gasteiger partial charge in [-0.25, -0.2) is 0 Å². The van der Waals surface area contributed by atoms with E-state index in [1.165, 1.54) is 31.4 Å². The standard InChI is InChI=1S/C15H29NO2S/c1-4-18-14(17)15(2,16-3)10-7-11-19-12-13-8-5-6-9-13/h13,16H,4-12H2,1-3H3. The number of esters is 1. The summed E-state index contributed by atoms with van der Waals surface area (Å²) in [5, 5.41) is 3.11. The van der Waals surface area contributed by atoms with Gasteiger partial charge in [0.15, 0.2) is 0 Å². The molecule has 4 heteroatoms. The number of carbonyl (C=O) groups is 1. The smallest absolute Gasteiger partial charge is 0.326 e. The molecule has 1 N–H and O–H groups in total. The maximum absolute atomic E-state index is 11.9. The lowest BCUT2D eigenvalue weighted by Gasteiger charge is -2.26. The van der Waals surface area contributed by atoms with Crippen LogP contribution in [0.1, 0.15) is 52.4 Å². The first-order valence-electron chi connectivity index (χ1n) is 7.56. The van der Waals surface area contributed by atoms with Crippen LogP contribution in [0.5, 0.6) is 0 Å². The van der Waals surface area contributed by atoms with E-state index in [0.29, 0.717) is 6.61 Å². The third-order valence-corrected chi connectivity index (χ3v) is 5.36. The third kappa shape index (κ3) is 5.74. The van der Waals surface area contributed by atoms with Crippen molar-refractivity contribution in [1.82, 2.24) is 5.32 Å². The number of carbonyl (C=O) groups excluding carboxylic acids is 1. The van der Waals surface area contributed by atoms with E-state index < -0.39 is 5.54 Å². The summed E-state index contributed by atoms with van der Waals surface area (Å²) in [6.45, 7) is 4.24. The maximum Gasteiger partial charge on any atom is 0.326 e. The van der Waals surface area contributed by atoms with Gasteiger partial charge in [-0.15, -0.1) is 0 Å². The fraction of sp³-hybridized carbons (Fsp3) is 0.933. The van der Waals surface area contributed by atoms with Crippen LogP contribution in [0.3, 0.4) is 0 Å². The van der Waals surface area contributed by atoms with Crippen LogP contribution in [0.25, 0.3) is 0 Å². The molecule has 1 aliphatic carbocycles. The van der Waals surface area contributed by atoms with Gasteiger partial charge in [-0.3, -0.25) is 4.79 Å². The lowest BCUT2D eigenvalue weighted by atomic mass is 9.97. The highest BCUT2D eigenvalue weighted by molar-refractivity contribution is 7.99. The molecule has 0 heterocycles. The molecule has 0 bridgehead atoms. The second-order valence-corrected chi connectivity index (χ2v) is 6.78. The minimum atomic E-state index is -0.524. The van der Waals surface area contributed by atoms with Gasteiger partial charge >= 0.3 is 5.97 Å². The molecule has 1 unspecified atom stereocenters. The molecule has 1 fully saturated rings. The van der Waals surface area contributed by atoms with Gasteiger partial charge in [0.1, 0.15) is 5.54 Å². The van der Waals surface area contributed by atoms with E-state index >= 15 is 0 Å². The summed E-state index contributed by atoms with van der Waals surface area (Å²) >= 11 is 2.05. The Balaban J connectivity index is 2.15. The van der Waals surface area contributed by atoms with Crippen LogP contribution in [0.15, 0.2) is 0 Å². The average Bonchev–Trinajstić information content (AvgIpc) is 2.91. The van der Waals surface area contributed by atoms with Gasteiger partial charge in [0.05, 0.1) is 6.61 Å². The summed E-state index contributed by atoms with van der Waals surface area (Å²) in [5.41, 5.74) is -0.524. The summed E-state index contributed by atoms with van der Waals surface area (Å²) in [6.07, 6.45) is 7.60. The SMILES string of the molecule is CCOC(=O)C(C)(CCCSCC1CCCC1)NC. The molecule has 1 saturated carbocycles. The van der Waals surface area contributed by atoms with Gasteiger partial charge in [0.25, 0.3) is 0 Å². The molecular weight excluding hydrogens is 258 g/mol. The van der Waals surface area contributed by atoms with Gasteiger partial charge in [0, 0.05) is 0 Å². The molecule has 0 radical (unpaired) electrons. The zero-order valence-electron chi connectivity index (χ0n) is 12.7. The second kappa shape index (κ2) is 8.85. The number of hydrogen-bond acceptors (Lipinski definition) is 4. The van der Waals surface area contributed by atoms with Crippen molar-refractivity contribution in [2.75, 3.05) is 25.2 Å². The van der Waals surface area contributed by atoms with Crippen molar-refractivity contribution >= 4 is 17.7 Å².